The lowest BCUT2D eigenvalue weighted by atomic mass is 10.0. The summed E-state index contributed by atoms with van der Waals surface area (Å²) in [6, 6.07) is 14.3. The first-order valence-corrected chi connectivity index (χ1v) is 10.4. The average molecular weight is 386 g/mol. The van der Waals surface area contributed by atoms with E-state index in [1.54, 1.807) is 18.0 Å². The van der Waals surface area contributed by atoms with E-state index in [2.05, 4.69) is 23.4 Å². The van der Waals surface area contributed by atoms with Gasteiger partial charge in [-0.25, -0.2) is 4.98 Å². The predicted molar refractivity (Wildman–Crippen MR) is 111 cm³/mol. The van der Waals surface area contributed by atoms with Crippen LogP contribution < -0.4 is 0 Å². The Kier molecular flexibility index (Phi) is 7.88. The summed E-state index contributed by atoms with van der Waals surface area (Å²) in [5, 5.41) is 10.2. The summed E-state index contributed by atoms with van der Waals surface area (Å²) in [6.45, 7) is 3.81. The fourth-order valence-electron chi connectivity index (χ4n) is 2.51. The number of phenols is 1. The van der Waals surface area contributed by atoms with Crippen molar-refractivity contribution in [3.05, 3.63) is 75.2 Å². The number of aryl methyl sites for hydroxylation is 4. The normalized spacial score (nSPS) is 10.1. The first-order chi connectivity index (χ1) is 12.5. The van der Waals surface area contributed by atoms with Crippen molar-refractivity contribution < 1.29 is 9.90 Å². The number of hydrogen-bond donors (Lipinski definition) is 1. The van der Waals surface area contributed by atoms with Crippen LogP contribution in [0.5, 0.6) is 5.75 Å². The van der Waals surface area contributed by atoms with Crippen LogP contribution in [0, 0.1) is 13.8 Å². The largest absolute Gasteiger partial charge is 0.507 e. The molecule has 0 aliphatic rings. The molecule has 0 amide bonds. The summed E-state index contributed by atoms with van der Waals surface area (Å²) >= 11 is 3.20. The Labute approximate surface area is 163 Å². The molecule has 0 bridgehead atoms. The zero-order chi connectivity index (χ0) is 18.9. The minimum absolute atomic E-state index is 0.375. The van der Waals surface area contributed by atoms with E-state index in [-0.39, 0.29) is 0 Å². The lowest BCUT2D eigenvalue weighted by Crippen LogP contribution is -1.92. The molecule has 0 saturated heterocycles. The van der Waals surface area contributed by atoms with Gasteiger partial charge in [-0.2, -0.15) is 0 Å². The second kappa shape index (κ2) is 10.1. The molecule has 0 saturated carbocycles. The van der Waals surface area contributed by atoms with Crippen molar-refractivity contribution in [2.45, 2.75) is 31.6 Å². The number of aromatic hydroxyl groups is 1. The second-order valence-corrected chi connectivity index (χ2v) is 7.90. The Balaban J connectivity index is 0.000000254. The molecule has 3 nitrogen and oxygen atoms in total. The van der Waals surface area contributed by atoms with Crippen molar-refractivity contribution in [1.82, 2.24) is 4.98 Å². The van der Waals surface area contributed by atoms with Gasteiger partial charge in [0, 0.05) is 16.0 Å². The van der Waals surface area contributed by atoms with Crippen molar-refractivity contribution >= 4 is 29.4 Å². The van der Waals surface area contributed by atoms with Gasteiger partial charge >= 0.3 is 0 Å². The number of hydrogen-bond acceptors (Lipinski definition) is 5. The van der Waals surface area contributed by atoms with Crippen LogP contribution in [-0.4, -0.2) is 22.6 Å². The molecular formula is C21H23NO2S2. The summed E-state index contributed by atoms with van der Waals surface area (Å²) < 4.78 is 0. The molecule has 3 aromatic rings. The smallest absolute Gasteiger partial charge is 0.178 e. The molecule has 0 fully saturated rings. The van der Waals surface area contributed by atoms with Gasteiger partial charge in [0.05, 0.1) is 0 Å². The van der Waals surface area contributed by atoms with Crippen LogP contribution in [0.25, 0.3) is 0 Å². The summed E-state index contributed by atoms with van der Waals surface area (Å²) in [5.74, 6) is 0.375. The molecule has 0 unspecified atom stereocenters. The second-order valence-electron chi connectivity index (χ2n) is 5.88. The molecule has 2 aromatic carbocycles. The lowest BCUT2D eigenvalue weighted by molar-refractivity contribution is 0.112. The summed E-state index contributed by atoms with van der Waals surface area (Å²) in [4.78, 5) is 17.0. The van der Waals surface area contributed by atoms with E-state index in [4.69, 9.17) is 0 Å². The van der Waals surface area contributed by atoms with Gasteiger partial charge in [-0.3, -0.25) is 4.79 Å². The van der Waals surface area contributed by atoms with Gasteiger partial charge < -0.3 is 5.11 Å². The number of aldehydes is 1. The van der Waals surface area contributed by atoms with Crippen LogP contribution >= 0.6 is 23.1 Å². The van der Waals surface area contributed by atoms with E-state index >= 15 is 0 Å². The summed E-state index contributed by atoms with van der Waals surface area (Å²) in [5.41, 5.74) is 3.01. The SMILES string of the molecule is CSc1ccccc1.Cc1cc(CCc2cnc(C=O)s2)cc(C)c1O. The maximum Gasteiger partial charge on any atom is 0.178 e. The number of carbonyl (C=O) groups is 1. The Morgan fingerprint density at radius 2 is 1.77 bits per heavy atom. The van der Waals surface area contributed by atoms with E-state index in [1.165, 1.54) is 21.8 Å². The van der Waals surface area contributed by atoms with Crippen LogP contribution in [0.1, 0.15) is 31.4 Å². The molecule has 0 spiro atoms. The minimum atomic E-state index is 0.375. The quantitative estimate of drug-likeness (QED) is 0.467. The van der Waals surface area contributed by atoms with Gasteiger partial charge in [-0.05, 0) is 61.8 Å². The van der Waals surface area contributed by atoms with E-state index in [9.17, 15) is 9.90 Å². The number of thioether (sulfide) groups is 1. The predicted octanol–water partition coefficient (Wildman–Crippen LogP) is 5.47. The highest BCUT2D eigenvalue weighted by Gasteiger charge is 2.05. The van der Waals surface area contributed by atoms with Crippen LogP contribution in [0.4, 0.5) is 0 Å². The zero-order valence-corrected chi connectivity index (χ0v) is 16.9. The van der Waals surface area contributed by atoms with E-state index in [1.807, 2.05) is 44.2 Å². The number of carbonyl (C=O) groups excluding carboxylic acids is 1. The Bertz CT molecular complexity index is 821. The third-order valence-electron chi connectivity index (χ3n) is 3.86. The molecule has 136 valence electrons. The van der Waals surface area contributed by atoms with E-state index in [0.29, 0.717) is 10.8 Å². The molecule has 1 aromatic heterocycles. The number of aromatic nitrogens is 1. The molecule has 1 heterocycles. The van der Waals surface area contributed by atoms with Crippen molar-refractivity contribution in [2.75, 3.05) is 6.26 Å². The molecule has 1 N–H and O–H groups in total. The van der Waals surface area contributed by atoms with Gasteiger partial charge in [0.25, 0.3) is 0 Å². The standard InChI is InChI=1S/C14H15NO2S.C7H8S/c1-9-5-11(6-10(2)14(9)17)3-4-12-7-15-13(8-16)18-12;1-8-7-5-3-2-4-6-7/h5-8,17H,3-4H2,1-2H3;2-6H,1H3. The Morgan fingerprint density at radius 3 is 2.27 bits per heavy atom. The molecular weight excluding hydrogens is 362 g/mol. The van der Waals surface area contributed by atoms with Crippen molar-refractivity contribution in [3.63, 3.8) is 0 Å². The van der Waals surface area contributed by atoms with Crippen LogP contribution in [0.3, 0.4) is 0 Å². The van der Waals surface area contributed by atoms with Crippen LogP contribution in [0.2, 0.25) is 0 Å². The third-order valence-corrected chi connectivity index (χ3v) is 5.59. The first-order valence-electron chi connectivity index (χ1n) is 8.31. The molecule has 5 heteroatoms. The number of nitrogens with zero attached hydrogens (tertiary/aromatic N) is 1. The van der Waals surface area contributed by atoms with Crippen LogP contribution in [-0.2, 0) is 12.8 Å². The maximum atomic E-state index is 10.5. The van der Waals surface area contributed by atoms with E-state index < -0.39 is 0 Å². The van der Waals surface area contributed by atoms with Crippen molar-refractivity contribution in [3.8, 4) is 5.75 Å². The van der Waals surface area contributed by atoms with Crippen LogP contribution in [0.15, 0.2) is 53.6 Å². The topological polar surface area (TPSA) is 50.2 Å². The molecule has 0 aliphatic heterocycles. The Morgan fingerprint density at radius 1 is 1.12 bits per heavy atom. The number of rotatable bonds is 5. The molecule has 0 radical (unpaired) electrons. The fraction of sp³-hybridized carbons (Fsp3) is 0.238. The maximum absolute atomic E-state index is 10.5. The van der Waals surface area contributed by atoms with Gasteiger partial charge in [0.15, 0.2) is 11.3 Å². The third kappa shape index (κ3) is 6.00. The van der Waals surface area contributed by atoms with Gasteiger partial charge in [-0.1, -0.05) is 30.3 Å². The number of benzene rings is 2. The van der Waals surface area contributed by atoms with Gasteiger partial charge in [0.2, 0.25) is 0 Å². The highest BCUT2D eigenvalue weighted by Crippen LogP contribution is 2.24. The monoisotopic (exact) mass is 385 g/mol. The van der Waals surface area contributed by atoms with Crippen molar-refractivity contribution in [1.29, 1.82) is 0 Å². The zero-order valence-electron chi connectivity index (χ0n) is 15.2. The van der Waals surface area contributed by atoms with Gasteiger partial charge in [0.1, 0.15) is 5.75 Å². The lowest BCUT2D eigenvalue weighted by Gasteiger charge is -2.07. The summed E-state index contributed by atoms with van der Waals surface area (Å²) in [6.07, 6.45) is 6.38. The van der Waals surface area contributed by atoms with Crippen molar-refractivity contribution in [2.24, 2.45) is 0 Å². The molecule has 26 heavy (non-hydrogen) atoms. The fourth-order valence-corrected chi connectivity index (χ4v) is 3.67. The molecule has 0 atom stereocenters. The number of thiazole rings is 1. The summed E-state index contributed by atoms with van der Waals surface area (Å²) in [7, 11) is 0. The highest BCUT2D eigenvalue weighted by molar-refractivity contribution is 7.98. The number of phenolic OH excluding ortho intramolecular Hbond substituents is 1. The molecule has 3 rings (SSSR count). The molecule has 0 aliphatic carbocycles. The average Bonchev–Trinajstić information content (AvgIpc) is 3.13. The van der Waals surface area contributed by atoms with Gasteiger partial charge in [-0.15, -0.1) is 23.1 Å². The highest BCUT2D eigenvalue weighted by atomic mass is 32.2. The first kappa shape index (κ1) is 20.2. The minimum Gasteiger partial charge on any atom is -0.507 e. The Hall–Kier alpha value is -2.11. The van der Waals surface area contributed by atoms with E-state index in [0.717, 1.165) is 35.1 Å².